The predicted molar refractivity (Wildman–Crippen MR) is 129 cm³/mol. The van der Waals surface area contributed by atoms with Crippen LogP contribution in [0.15, 0.2) is 36.8 Å². The van der Waals surface area contributed by atoms with Crippen molar-refractivity contribution < 1.29 is 18.7 Å². The summed E-state index contributed by atoms with van der Waals surface area (Å²) in [6.07, 6.45) is 6.41. The summed E-state index contributed by atoms with van der Waals surface area (Å²) in [6.45, 7) is 0.0945. The third-order valence-corrected chi connectivity index (χ3v) is 7.49. The Kier molecular flexibility index (Phi) is 5.82. The maximum atomic E-state index is 14.2. The zero-order valence-corrected chi connectivity index (χ0v) is 20.0. The van der Waals surface area contributed by atoms with Crippen LogP contribution in [0.1, 0.15) is 17.5 Å². The van der Waals surface area contributed by atoms with Crippen LogP contribution in [0, 0.1) is 28.5 Å². The molecule has 0 N–H and O–H groups in total. The average molecular weight is 504 g/mol. The molecule has 180 valence electrons. The molecule has 5 rings (SSSR count). The summed E-state index contributed by atoms with van der Waals surface area (Å²) >= 11 is 1.18. The van der Waals surface area contributed by atoms with Crippen molar-refractivity contribution in [3.05, 3.63) is 53.7 Å². The standard InChI is InChI=1S/C24H18FN7O3S/c1-30-21-14(11-29-30)10-28-12-18(21)32-23(33)22-17(31(24(32)34)5-3-4-26)8-20(36-22)15-7-19(35-2)16(25)6-13(15)9-27/h6-8,10-12,17,22H,3,5H2,1-2H3. The number of methoxy groups -OCH3 is 1. The summed E-state index contributed by atoms with van der Waals surface area (Å²) in [7, 11) is 3.03. The number of halogens is 1. The van der Waals surface area contributed by atoms with E-state index < -0.39 is 29.0 Å². The maximum Gasteiger partial charge on any atom is 0.332 e. The number of carbonyl (C=O) groups excluding carboxylic acids is 2. The first-order chi connectivity index (χ1) is 17.4. The normalized spacial score (nSPS) is 19.2. The summed E-state index contributed by atoms with van der Waals surface area (Å²) < 4.78 is 20.9. The molecule has 0 bridgehead atoms. The molecule has 1 aromatic carbocycles. The van der Waals surface area contributed by atoms with Crippen molar-refractivity contribution in [3.63, 3.8) is 0 Å². The smallest absolute Gasteiger partial charge is 0.332 e. The van der Waals surface area contributed by atoms with E-state index in [0.717, 1.165) is 11.0 Å². The Labute approximate surface area is 209 Å². The number of rotatable bonds is 5. The number of ether oxygens (including phenoxy) is 1. The second-order valence-corrected chi connectivity index (χ2v) is 9.31. The number of urea groups is 1. The molecule has 2 unspecified atom stereocenters. The minimum absolute atomic E-state index is 0.0419. The summed E-state index contributed by atoms with van der Waals surface area (Å²) in [5.41, 5.74) is 1.33. The molecular weight excluding hydrogens is 485 g/mol. The second kappa shape index (κ2) is 8.98. The van der Waals surface area contributed by atoms with Gasteiger partial charge in [0.15, 0.2) is 11.6 Å². The van der Waals surface area contributed by atoms with Crippen LogP contribution in [-0.2, 0) is 11.8 Å². The number of fused-ring (bicyclic) bond motifs is 2. The van der Waals surface area contributed by atoms with Gasteiger partial charge < -0.3 is 9.64 Å². The van der Waals surface area contributed by atoms with E-state index in [1.165, 1.54) is 36.0 Å². The van der Waals surface area contributed by atoms with Crippen molar-refractivity contribution in [1.29, 1.82) is 10.5 Å². The fourth-order valence-corrected chi connectivity index (χ4v) is 5.85. The van der Waals surface area contributed by atoms with Gasteiger partial charge in [-0.25, -0.2) is 14.1 Å². The average Bonchev–Trinajstić information content (AvgIpc) is 3.49. The van der Waals surface area contributed by atoms with Gasteiger partial charge in [-0.2, -0.15) is 15.6 Å². The number of nitriles is 2. The SMILES string of the molecule is COc1cc(C2=CC3C(S2)C(=O)N(c2cncc4cnn(C)c24)C(=O)N3CCC#N)c(C#N)cc1F. The highest BCUT2D eigenvalue weighted by Crippen LogP contribution is 2.47. The summed E-state index contributed by atoms with van der Waals surface area (Å²) in [6, 6.07) is 5.28. The fraction of sp³-hybridized carbons (Fsp3) is 0.250. The number of benzene rings is 1. The summed E-state index contributed by atoms with van der Waals surface area (Å²) in [4.78, 5) is 34.7. The first-order valence-corrected chi connectivity index (χ1v) is 11.7. The van der Waals surface area contributed by atoms with Crippen LogP contribution in [0.2, 0.25) is 0 Å². The van der Waals surface area contributed by atoms with Gasteiger partial charge in [0.05, 0.1) is 60.9 Å². The molecule has 1 fully saturated rings. The largest absolute Gasteiger partial charge is 0.494 e. The molecule has 3 aromatic rings. The Bertz CT molecular complexity index is 1540. The number of carbonyl (C=O) groups is 2. The van der Waals surface area contributed by atoms with E-state index in [1.54, 1.807) is 30.2 Å². The molecule has 3 amide bonds. The van der Waals surface area contributed by atoms with Crippen molar-refractivity contribution in [1.82, 2.24) is 19.7 Å². The molecule has 1 saturated heterocycles. The monoisotopic (exact) mass is 503 g/mol. The third kappa shape index (κ3) is 3.54. The van der Waals surface area contributed by atoms with E-state index in [9.17, 15) is 24.5 Å². The van der Waals surface area contributed by atoms with Crippen molar-refractivity contribution in [3.8, 4) is 17.9 Å². The topological polar surface area (TPSA) is 128 Å². The first-order valence-electron chi connectivity index (χ1n) is 10.8. The molecule has 0 radical (unpaired) electrons. The van der Waals surface area contributed by atoms with Gasteiger partial charge in [-0.1, -0.05) is 0 Å². The number of aromatic nitrogens is 3. The number of amides is 3. The van der Waals surface area contributed by atoms with Crippen LogP contribution in [-0.4, -0.2) is 56.5 Å². The van der Waals surface area contributed by atoms with Crippen LogP contribution in [0.5, 0.6) is 5.75 Å². The molecule has 2 aliphatic rings. The molecule has 10 nitrogen and oxygen atoms in total. The number of imide groups is 1. The lowest BCUT2D eigenvalue weighted by Gasteiger charge is -2.40. The van der Waals surface area contributed by atoms with Crippen LogP contribution >= 0.6 is 11.8 Å². The molecule has 2 aliphatic heterocycles. The lowest BCUT2D eigenvalue weighted by molar-refractivity contribution is -0.119. The Morgan fingerprint density at radius 1 is 1.22 bits per heavy atom. The van der Waals surface area contributed by atoms with Crippen molar-refractivity contribution >= 4 is 45.2 Å². The third-order valence-electron chi connectivity index (χ3n) is 6.15. The second-order valence-electron chi connectivity index (χ2n) is 8.13. The molecule has 0 spiro atoms. The maximum absolute atomic E-state index is 14.2. The molecule has 2 atom stereocenters. The molecule has 2 aromatic heterocycles. The zero-order valence-electron chi connectivity index (χ0n) is 19.2. The number of pyridine rings is 1. The Morgan fingerprint density at radius 2 is 2.03 bits per heavy atom. The lowest BCUT2D eigenvalue weighted by atomic mass is 10.0. The van der Waals surface area contributed by atoms with Gasteiger partial charge in [0.1, 0.15) is 5.25 Å². The van der Waals surface area contributed by atoms with E-state index in [4.69, 9.17) is 4.74 Å². The van der Waals surface area contributed by atoms with Gasteiger partial charge in [-0.3, -0.25) is 14.5 Å². The van der Waals surface area contributed by atoms with Gasteiger partial charge >= 0.3 is 6.03 Å². The highest BCUT2D eigenvalue weighted by molar-refractivity contribution is 8.09. The quantitative estimate of drug-likeness (QED) is 0.519. The number of thioether (sulfide) groups is 1. The van der Waals surface area contributed by atoms with Crippen molar-refractivity contribution in [2.24, 2.45) is 7.05 Å². The van der Waals surface area contributed by atoms with Crippen LogP contribution in [0.3, 0.4) is 0 Å². The van der Waals surface area contributed by atoms with E-state index in [2.05, 4.69) is 10.1 Å². The van der Waals surface area contributed by atoms with Crippen LogP contribution < -0.4 is 9.64 Å². The predicted octanol–water partition coefficient (Wildman–Crippen LogP) is 3.20. The van der Waals surface area contributed by atoms with Crippen LogP contribution in [0.25, 0.3) is 15.8 Å². The highest BCUT2D eigenvalue weighted by Gasteiger charge is 2.50. The molecule has 12 heteroatoms. The number of anilines is 1. The fourth-order valence-electron chi connectivity index (χ4n) is 4.49. The van der Waals surface area contributed by atoms with E-state index in [-0.39, 0.29) is 30.0 Å². The lowest BCUT2D eigenvalue weighted by Crippen LogP contribution is -2.62. The summed E-state index contributed by atoms with van der Waals surface area (Å²) in [5, 5.41) is 22.9. The molecule has 4 heterocycles. The first kappa shape index (κ1) is 23.3. The van der Waals surface area contributed by atoms with Crippen LogP contribution in [0.4, 0.5) is 14.9 Å². The van der Waals surface area contributed by atoms with E-state index in [0.29, 0.717) is 21.4 Å². The van der Waals surface area contributed by atoms with Gasteiger partial charge in [-0.15, -0.1) is 11.8 Å². The van der Waals surface area contributed by atoms with Crippen molar-refractivity contribution in [2.75, 3.05) is 18.6 Å². The van der Waals surface area contributed by atoms with Gasteiger partial charge in [0, 0.05) is 35.6 Å². The zero-order chi connectivity index (χ0) is 25.6. The minimum atomic E-state index is -0.748. The molecule has 0 aliphatic carbocycles. The van der Waals surface area contributed by atoms with Gasteiger partial charge in [0.2, 0.25) is 0 Å². The highest BCUT2D eigenvalue weighted by atomic mass is 32.2. The number of nitrogens with zero attached hydrogens (tertiary/aromatic N) is 7. The van der Waals surface area contributed by atoms with Gasteiger partial charge in [0.25, 0.3) is 5.91 Å². The molecule has 0 saturated carbocycles. The van der Waals surface area contributed by atoms with Crippen molar-refractivity contribution in [2.45, 2.75) is 17.7 Å². The van der Waals surface area contributed by atoms with Gasteiger partial charge in [-0.05, 0) is 18.2 Å². The Balaban J connectivity index is 1.61. The number of hydrogen-bond acceptors (Lipinski definition) is 8. The van der Waals surface area contributed by atoms with E-state index >= 15 is 0 Å². The Hall–Kier alpha value is -4.42. The number of aryl methyl sites for hydroxylation is 1. The molecular formula is C24H18FN7O3S. The minimum Gasteiger partial charge on any atom is -0.494 e. The van der Waals surface area contributed by atoms with E-state index in [1.807, 2.05) is 12.1 Å². The Morgan fingerprint density at radius 3 is 2.75 bits per heavy atom. The summed E-state index contributed by atoms with van der Waals surface area (Å²) in [5.74, 6) is -1.18. The molecule has 36 heavy (non-hydrogen) atoms. The number of hydrogen-bond donors (Lipinski definition) is 0.